The smallest absolute Gasteiger partial charge is 0.272 e. The van der Waals surface area contributed by atoms with Crippen LogP contribution in [0.3, 0.4) is 0 Å². The van der Waals surface area contributed by atoms with Gasteiger partial charge in [0.05, 0.1) is 17.4 Å². The van der Waals surface area contributed by atoms with E-state index in [2.05, 4.69) is 6.07 Å². The molecule has 0 spiro atoms. The van der Waals surface area contributed by atoms with Crippen molar-refractivity contribution in [2.45, 2.75) is 65.0 Å². The quantitative estimate of drug-likeness (QED) is 0.564. The van der Waals surface area contributed by atoms with Gasteiger partial charge in [-0.15, -0.1) is 0 Å². The maximum Gasteiger partial charge on any atom is 0.272 e. The van der Waals surface area contributed by atoms with E-state index in [4.69, 9.17) is 10.1 Å². The predicted molar refractivity (Wildman–Crippen MR) is 122 cm³/mol. The van der Waals surface area contributed by atoms with Gasteiger partial charge in [0, 0.05) is 24.3 Å². The Kier molecular flexibility index (Phi) is 5.53. The average Bonchev–Trinajstić information content (AvgIpc) is 3.43. The summed E-state index contributed by atoms with van der Waals surface area (Å²) in [5, 5.41) is 4.76. The van der Waals surface area contributed by atoms with Crippen LogP contribution >= 0.6 is 0 Å². The zero-order valence-corrected chi connectivity index (χ0v) is 18.8. The van der Waals surface area contributed by atoms with Crippen LogP contribution in [-0.2, 0) is 19.4 Å². The zero-order chi connectivity index (χ0) is 22.2. The topological polar surface area (TPSA) is 51.0 Å². The summed E-state index contributed by atoms with van der Waals surface area (Å²) >= 11 is 0. The summed E-state index contributed by atoms with van der Waals surface area (Å²) in [5.41, 5.74) is 6.79. The van der Waals surface area contributed by atoms with Crippen LogP contribution in [0.2, 0.25) is 0 Å². The molecule has 1 aliphatic heterocycles. The average molecular weight is 433 g/mol. The van der Waals surface area contributed by atoms with Gasteiger partial charge in [0.2, 0.25) is 0 Å². The number of halogens is 1. The molecule has 5 rings (SSSR count). The van der Waals surface area contributed by atoms with E-state index in [1.165, 1.54) is 12.1 Å². The lowest BCUT2D eigenvalue weighted by Crippen LogP contribution is -2.33. The Bertz CT molecular complexity index is 1150. The standard InChI is InChI=1S/C26H29FN4O/c1-3-31-25(21-7-4-5-8-22(21)29-31)26(32)30-14-6-9-24(30)23-16-19(15-17(2)28-23)18-10-12-20(27)13-11-18/h10-13,15-16,24H,3-9,14H2,1-2H3. The van der Waals surface area contributed by atoms with Crippen molar-refractivity contribution in [3.8, 4) is 11.1 Å². The number of nitrogens with zero attached hydrogens (tertiary/aromatic N) is 4. The number of hydrogen-bond donors (Lipinski definition) is 0. The number of fused-ring (bicyclic) bond motifs is 1. The van der Waals surface area contributed by atoms with E-state index in [1.807, 2.05) is 29.5 Å². The second-order valence-electron chi connectivity index (χ2n) is 8.88. The van der Waals surface area contributed by atoms with Crippen molar-refractivity contribution in [1.82, 2.24) is 19.7 Å². The first-order chi connectivity index (χ1) is 15.5. The molecule has 1 unspecified atom stereocenters. The van der Waals surface area contributed by atoms with Gasteiger partial charge in [-0.2, -0.15) is 5.10 Å². The minimum atomic E-state index is -0.247. The Balaban J connectivity index is 1.50. The van der Waals surface area contributed by atoms with Crippen LogP contribution < -0.4 is 0 Å². The molecule has 1 atom stereocenters. The van der Waals surface area contributed by atoms with Gasteiger partial charge in [0.25, 0.3) is 5.91 Å². The molecule has 1 aromatic carbocycles. The monoisotopic (exact) mass is 432 g/mol. The first-order valence-electron chi connectivity index (χ1n) is 11.7. The zero-order valence-electron chi connectivity index (χ0n) is 18.8. The molecule has 2 aromatic heterocycles. The Morgan fingerprint density at radius 1 is 1.09 bits per heavy atom. The molecule has 0 N–H and O–H groups in total. The second-order valence-corrected chi connectivity index (χ2v) is 8.88. The number of aromatic nitrogens is 3. The highest BCUT2D eigenvalue weighted by molar-refractivity contribution is 5.95. The van der Waals surface area contributed by atoms with Gasteiger partial charge in [0.15, 0.2) is 0 Å². The van der Waals surface area contributed by atoms with Crippen LogP contribution in [0.5, 0.6) is 0 Å². The van der Waals surface area contributed by atoms with Crippen molar-refractivity contribution in [1.29, 1.82) is 0 Å². The fourth-order valence-electron chi connectivity index (χ4n) is 5.20. The number of benzene rings is 1. The lowest BCUT2D eigenvalue weighted by Gasteiger charge is -2.26. The van der Waals surface area contributed by atoms with Gasteiger partial charge in [-0.1, -0.05) is 12.1 Å². The molecule has 0 bridgehead atoms. The molecule has 32 heavy (non-hydrogen) atoms. The number of hydrogen-bond acceptors (Lipinski definition) is 3. The fraction of sp³-hybridized carbons (Fsp3) is 0.423. The molecule has 3 heterocycles. The van der Waals surface area contributed by atoms with Crippen molar-refractivity contribution in [3.05, 3.63) is 70.6 Å². The van der Waals surface area contributed by atoms with E-state index in [0.717, 1.165) is 84.5 Å². The highest BCUT2D eigenvalue weighted by Crippen LogP contribution is 2.36. The number of aryl methyl sites for hydroxylation is 3. The van der Waals surface area contributed by atoms with Crippen molar-refractivity contribution < 1.29 is 9.18 Å². The molecule has 2 aliphatic rings. The van der Waals surface area contributed by atoms with Gasteiger partial charge < -0.3 is 4.90 Å². The van der Waals surface area contributed by atoms with Gasteiger partial charge in [-0.05, 0) is 87.8 Å². The van der Waals surface area contributed by atoms with E-state index in [0.29, 0.717) is 6.54 Å². The second kappa shape index (κ2) is 8.49. The summed E-state index contributed by atoms with van der Waals surface area (Å²) in [4.78, 5) is 20.6. The first kappa shape index (κ1) is 20.9. The molecule has 3 aromatic rings. The summed E-state index contributed by atoms with van der Waals surface area (Å²) in [6.07, 6.45) is 6.02. The fourth-order valence-corrected chi connectivity index (χ4v) is 5.20. The minimum Gasteiger partial charge on any atom is -0.329 e. The first-order valence-corrected chi connectivity index (χ1v) is 11.7. The molecule has 5 nitrogen and oxygen atoms in total. The third-order valence-corrected chi connectivity index (χ3v) is 6.73. The van der Waals surface area contributed by atoms with Crippen LogP contribution in [0.4, 0.5) is 4.39 Å². The van der Waals surface area contributed by atoms with Gasteiger partial charge in [0.1, 0.15) is 11.5 Å². The lowest BCUT2D eigenvalue weighted by atomic mass is 9.95. The molecule has 1 fully saturated rings. The molecule has 166 valence electrons. The van der Waals surface area contributed by atoms with Crippen molar-refractivity contribution in [3.63, 3.8) is 0 Å². The van der Waals surface area contributed by atoms with Crippen LogP contribution in [0.25, 0.3) is 11.1 Å². The van der Waals surface area contributed by atoms with Crippen LogP contribution in [0.1, 0.15) is 71.8 Å². The molecular formula is C26H29FN4O. The molecule has 1 aliphatic carbocycles. The van der Waals surface area contributed by atoms with E-state index in [1.54, 1.807) is 12.1 Å². The SMILES string of the molecule is CCn1nc2c(c1C(=O)N1CCCC1c1cc(-c3ccc(F)cc3)cc(C)n1)CCCC2. The molecule has 6 heteroatoms. The Morgan fingerprint density at radius 3 is 2.66 bits per heavy atom. The molecule has 1 saturated heterocycles. The highest BCUT2D eigenvalue weighted by Gasteiger charge is 2.35. The van der Waals surface area contributed by atoms with E-state index >= 15 is 0 Å². The Morgan fingerprint density at radius 2 is 1.88 bits per heavy atom. The normalized spacial score (nSPS) is 18.1. The van der Waals surface area contributed by atoms with E-state index in [9.17, 15) is 9.18 Å². The Labute approximate surface area is 188 Å². The molecule has 0 radical (unpaired) electrons. The molecule has 1 amide bonds. The summed E-state index contributed by atoms with van der Waals surface area (Å²) < 4.78 is 15.3. The highest BCUT2D eigenvalue weighted by atomic mass is 19.1. The summed E-state index contributed by atoms with van der Waals surface area (Å²) in [6, 6.07) is 10.6. The maximum absolute atomic E-state index is 13.8. The minimum absolute atomic E-state index is 0.0546. The summed E-state index contributed by atoms with van der Waals surface area (Å²) in [6.45, 7) is 5.45. The van der Waals surface area contributed by atoms with E-state index in [-0.39, 0.29) is 17.8 Å². The van der Waals surface area contributed by atoms with E-state index < -0.39 is 0 Å². The summed E-state index contributed by atoms with van der Waals surface area (Å²) in [7, 11) is 0. The van der Waals surface area contributed by atoms with Gasteiger partial charge in [-0.3, -0.25) is 14.5 Å². The van der Waals surface area contributed by atoms with Crippen LogP contribution in [0.15, 0.2) is 36.4 Å². The maximum atomic E-state index is 13.8. The largest absolute Gasteiger partial charge is 0.329 e. The number of pyridine rings is 1. The Hall–Kier alpha value is -3.02. The predicted octanol–water partition coefficient (Wildman–Crippen LogP) is 5.27. The number of carbonyl (C=O) groups is 1. The number of amides is 1. The van der Waals surface area contributed by atoms with Gasteiger partial charge in [-0.25, -0.2) is 4.39 Å². The summed E-state index contributed by atoms with van der Waals surface area (Å²) in [5.74, 6) is -0.167. The number of carbonyl (C=O) groups excluding carboxylic acids is 1. The number of likely N-dealkylation sites (tertiary alicyclic amines) is 1. The lowest BCUT2D eigenvalue weighted by molar-refractivity contribution is 0.0719. The molecular weight excluding hydrogens is 403 g/mol. The van der Waals surface area contributed by atoms with Crippen LogP contribution in [-0.4, -0.2) is 32.1 Å². The third kappa shape index (κ3) is 3.72. The molecule has 0 saturated carbocycles. The number of rotatable bonds is 4. The third-order valence-electron chi connectivity index (χ3n) is 6.73. The van der Waals surface area contributed by atoms with Crippen LogP contribution in [0, 0.1) is 12.7 Å². The van der Waals surface area contributed by atoms with Gasteiger partial charge >= 0.3 is 0 Å². The van der Waals surface area contributed by atoms with Crippen molar-refractivity contribution >= 4 is 5.91 Å². The van der Waals surface area contributed by atoms with Crippen molar-refractivity contribution in [2.24, 2.45) is 0 Å². The van der Waals surface area contributed by atoms with Crippen molar-refractivity contribution in [2.75, 3.05) is 6.54 Å².